The molecule has 4 nitrogen and oxygen atoms in total. The first-order valence-corrected chi connectivity index (χ1v) is 10.4. The Morgan fingerprint density at radius 2 is 1.77 bits per heavy atom. The van der Waals surface area contributed by atoms with Gasteiger partial charge < -0.3 is 9.47 Å². The highest BCUT2D eigenvalue weighted by Crippen LogP contribution is 2.36. The molecule has 0 amide bonds. The van der Waals surface area contributed by atoms with Crippen molar-refractivity contribution in [3.05, 3.63) is 35.9 Å². The molecule has 148 valence electrons. The highest BCUT2D eigenvalue weighted by molar-refractivity contribution is 5.13. The Balaban J connectivity index is 1.95. The van der Waals surface area contributed by atoms with Gasteiger partial charge in [-0.1, -0.05) is 69.9 Å². The normalized spacial score (nSPS) is 23.2. The number of unbranched alkanes of at least 4 members (excludes halogenated alkanes) is 3. The average Bonchev–Trinajstić information content (AvgIpc) is 2.68. The molecule has 1 fully saturated rings. The van der Waals surface area contributed by atoms with Crippen LogP contribution in [0.2, 0.25) is 0 Å². The van der Waals surface area contributed by atoms with Crippen LogP contribution in [0.1, 0.15) is 77.2 Å². The van der Waals surface area contributed by atoms with Crippen LogP contribution in [0.25, 0.3) is 0 Å². The van der Waals surface area contributed by atoms with E-state index < -0.39 is 5.79 Å². The number of hydrogen-bond acceptors (Lipinski definition) is 4. The van der Waals surface area contributed by atoms with E-state index in [1.54, 1.807) is 0 Å². The van der Waals surface area contributed by atoms with Crippen molar-refractivity contribution in [1.82, 2.24) is 0 Å². The third kappa shape index (κ3) is 6.99. The van der Waals surface area contributed by atoms with E-state index in [-0.39, 0.29) is 6.10 Å². The van der Waals surface area contributed by atoms with Crippen LogP contribution in [0, 0.1) is 0 Å². The summed E-state index contributed by atoms with van der Waals surface area (Å²) in [5, 5.41) is 0. The molecule has 1 aliphatic carbocycles. The third-order valence-electron chi connectivity index (χ3n) is 4.91. The van der Waals surface area contributed by atoms with Gasteiger partial charge in [0.25, 0.3) is 0 Å². The lowest BCUT2D eigenvalue weighted by molar-refractivity contribution is -0.461. The first-order chi connectivity index (χ1) is 12.8. The van der Waals surface area contributed by atoms with Crippen LogP contribution in [-0.4, -0.2) is 25.1 Å². The number of hydrogen-bond donors (Lipinski definition) is 0. The van der Waals surface area contributed by atoms with E-state index in [9.17, 15) is 0 Å². The van der Waals surface area contributed by atoms with Gasteiger partial charge in [0.05, 0.1) is 6.61 Å². The first kappa shape index (κ1) is 21.4. The molecule has 0 aliphatic heterocycles. The molecular weight excluding hydrogens is 328 g/mol. The topological polar surface area (TPSA) is 36.9 Å². The summed E-state index contributed by atoms with van der Waals surface area (Å²) in [6, 6.07) is 10.1. The van der Waals surface area contributed by atoms with Gasteiger partial charge in [-0.15, -0.1) is 0 Å². The van der Waals surface area contributed by atoms with Crippen LogP contribution < -0.4 is 0 Å². The van der Waals surface area contributed by atoms with Crippen molar-refractivity contribution in [3.63, 3.8) is 0 Å². The second-order valence-corrected chi connectivity index (χ2v) is 7.16. The second kappa shape index (κ2) is 12.4. The highest BCUT2D eigenvalue weighted by Gasteiger charge is 2.45. The summed E-state index contributed by atoms with van der Waals surface area (Å²) >= 11 is 0. The van der Waals surface area contributed by atoms with Crippen molar-refractivity contribution in [3.8, 4) is 0 Å². The fourth-order valence-electron chi connectivity index (χ4n) is 3.32. The van der Waals surface area contributed by atoms with Crippen LogP contribution in [0.4, 0.5) is 0 Å². The van der Waals surface area contributed by atoms with Crippen LogP contribution in [0.15, 0.2) is 30.3 Å². The van der Waals surface area contributed by atoms with E-state index in [1.165, 1.54) is 12.8 Å². The molecule has 0 saturated heterocycles. The molecule has 2 unspecified atom stereocenters. The molecule has 0 radical (unpaired) electrons. The summed E-state index contributed by atoms with van der Waals surface area (Å²) in [5.41, 5.74) is 1.09. The van der Waals surface area contributed by atoms with Gasteiger partial charge in [0.2, 0.25) is 5.79 Å². The standard InChI is InChI=1S/C22H36O4/c1-3-5-12-18-24-22(26-25-19-20-13-8-7-9-14-20)16-11-10-15-21(22)23-17-6-4-2/h7-9,13-14,21H,3-6,10-12,15-19H2,1-2H3. The van der Waals surface area contributed by atoms with Crippen molar-refractivity contribution >= 4 is 0 Å². The van der Waals surface area contributed by atoms with Gasteiger partial charge in [0.1, 0.15) is 12.7 Å². The lowest BCUT2D eigenvalue weighted by Gasteiger charge is -2.41. The maximum Gasteiger partial charge on any atom is 0.228 e. The fraction of sp³-hybridized carbons (Fsp3) is 0.727. The Kier molecular flexibility index (Phi) is 10.2. The van der Waals surface area contributed by atoms with Gasteiger partial charge in [-0.2, -0.15) is 4.89 Å². The maximum atomic E-state index is 6.28. The second-order valence-electron chi connectivity index (χ2n) is 7.16. The molecule has 0 spiro atoms. The smallest absolute Gasteiger partial charge is 0.228 e. The van der Waals surface area contributed by atoms with Gasteiger partial charge in [0.15, 0.2) is 0 Å². The Morgan fingerprint density at radius 1 is 0.962 bits per heavy atom. The van der Waals surface area contributed by atoms with Crippen LogP contribution in [-0.2, 0) is 25.9 Å². The molecule has 1 aromatic carbocycles. The van der Waals surface area contributed by atoms with Crippen molar-refractivity contribution in [2.24, 2.45) is 0 Å². The van der Waals surface area contributed by atoms with Gasteiger partial charge in [0, 0.05) is 13.0 Å². The van der Waals surface area contributed by atoms with Crippen LogP contribution in [0.5, 0.6) is 0 Å². The zero-order valence-electron chi connectivity index (χ0n) is 16.6. The van der Waals surface area contributed by atoms with Crippen LogP contribution >= 0.6 is 0 Å². The van der Waals surface area contributed by atoms with E-state index in [0.717, 1.165) is 57.1 Å². The molecule has 1 aliphatic rings. The third-order valence-corrected chi connectivity index (χ3v) is 4.91. The van der Waals surface area contributed by atoms with Gasteiger partial charge in [-0.3, -0.25) is 0 Å². The first-order valence-electron chi connectivity index (χ1n) is 10.4. The van der Waals surface area contributed by atoms with Gasteiger partial charge in [-0.05, 0) is 31.2 Å². The Bertz CT molecular complexity index is 464. The van der Waals surface area contributed by atoms with E-state index in [2.05, 4.69) is 13.8 Å². The van der Waals surface area contributed by atoms with E-state index in [1.807, 2.05) is 30.3 Å². The lowest BCUT2D eigenvalue weighted by Crippen LogP contribution is -2.51. The van der Waals surface area contributed by atoms with Crippen molar-refractivity contribution in [2.75, 3.05) is 13.2 Å². The summed E-state index contributed by atoms with van der Waals surface area (Å²) in [5.74, 6) is -0.769. The fourth-order valence-corrected chi connectivity index (χ4v) is 3.32. The minimum absolute atomic E-state index is 0.0554. The van der Waals surface area contributed by atoms with Crippen molar-refractivity contribution in [1.29, 1.82) is 0 Å². The molecule has 1 saturated carbocycles. The summed E-state index contributed by atoms with van der Waals surface area (Å²) in [7, 11) is 0. The Labute approximate surface area is 159 Å². The average molecular weight is 365 g/mol. The van der Waals surface area contributed by atoms with Crippen LogP contribution in [0.3, 0.4) is 0 Å². The minimum atomic E-state index is -0.769. The minimum Gasteiger partial charge on any atom is -0.372 e. The molecule has 4 heteroatoms. The zero-order chi connectivity index (χ0) is 18.5. The zero-order valence-corrected chi connectivity index (χ0v) is 16.6. The molecule has 0 N–H and O–H groups in total. The molecule has 2 rings (SSSR count). The SMILES string of the molecule is CCCCCOC1(OOCc2ccccc2)CCCCC1OCCCC. The number of benzene rings is 1. The molecule has 2 atom stereocenters. The predicted molar refractivity (Wildman–Crippen MR) is 104 cm³/mol. The largest absolute Gasteiger partial charge is 0.372 e. The summed E-state index contributed by atoms with van der Waals surface area (Å²) in [6.45, 7) is 6.24. The number of rotatable bonds is 13. The predicted octanol–water partition coefficient (Wildman–Crippen LogP) is 5.80. The van der Waals surface area contributed by atoms with E-state index in [0.29, 0.717) is 13.2 Å². The molecule has 26 heavy (non-hydrogen) atoms. The lowest BCUT2D eigenvalue weighted by atomic mass is 9.91. The molecule has 0 bridgehead atoms. The molecule has 0 heterocycles. The quantitative estimate of drug-likeness (QED) is 0.192. The van der Waals surface area contributed by atoms with Crippen molar-refractivity contribution < 1.29 is 19.2 Å². The summed E-state index contributed by atoms with van der Waals surface area (Å²) < 4.78 is 12.5. The van der Waals surface area contributed by atoms with E-state index >= 15 is 0 Å². The Hall–Kier alpha value is -0.940. The molecule has 0 aromatic heterocycles. The summed E-state index contributed by atoms with van der Waals surface area (Å²) in [6.07, 6.45) is 9.55. The highest BCUT2D eigenvalue weighted by atomic mass is 17.2. The van der Waals surface area contributed by atoms with E-state index in [4.69, 9.17) is 19.2 Å². The summed E-state index contributed by atoms with van der Waals surface area (Å²) in [4.78, 5) is 11.6. The van der Waals surface area contributed by atoms with Gasteiger partial charge >= 0.3 is 0 Å². The monoisotopic (exact) mass is 364 g/mol. The molecule has 1 aromatic rings. The Morgan fingerprint density at radius 3 is 2.54 bits per heavy atom. The van der Waals surface area contributed by atoms with Crippen molar-refractivity contribution in [2.45, 2.75) is 90.1 Å². The van der Waals surface area contributed by atoms with Gasteiger partial charge in [-0.25, -0.2) is 4.89 Å². The number of ether oxygens (including phenoxy) is 2. The maximum absolute atomic E-state index is 6.28. The molecular formula is C22H36O4.